The molecule has 1 saturated heterocycles. The van der Waals surface area contributed by atoms with E-state index in [0.29, 0.717) is 5.69 Å². The highest BCUT2D eigenvalue weighted by Crippen LogP contribution is 2.41. The number of anilines is 1. The van der Waals surface area contributed by atoms with Crippen molar-refractivity contribution in [1.82, 2.24) is 0 Å². The van der Waals surface area contributed by atoms with E-state index >= 15 is 0 Å². The summed E-state index contributed by atoms with van der Waals surface area (Å²) in [6.45, 7) is 3.08. The van der Waals surface area contributed by atoms with Crippen molar-refractivity contribution >= 4 is 29.5 Å². The van der Waals surface area contributed by atoms with Crippen LogP contribution >= 0.6 is 0 Å². The third-order valence-corrected chi connectivity index (χ3v) is 4.13. The van der Waals surface area contributed by atoms with Crippen molar-refractivity contribution in [2.45, 2.75) is 44.9 Å². The minimum absolute atomic E-state index is 0.270. The number of carbonyl (C=O) groups is 4. The molecule has 0 unspecified atom stereocenters. The summed E-state index contributed by atoms with van der Waals surface area (Å²) >= 11 is 0. The minimum Gasteiger partial charge on any atom is -0.456 e. The first-order valence-corrected chi connectivity index (χ1v) is 8.48. The molecule has 150 valence electrons. The fourth-order valence-corrected chi connectivity index (χ4v) is 3.12. The fraction of sp³-hybridized carbons (Fsp3) is 0.444. The molecule has 0 radical (unpaired) electrons. The monoisotopic (exact) mass is 393 g/mol. The predicted octanol–water partition coefficient (Wildman–Crippen LogP) is 0.539. The van der Waals surface area contributed by atoms with Gasteiger partial charge < -0.3 is 29.0 Å². The average Bonchev–Trinajstić information content (AvgIpc) is 2.60. The van der Waals surface area contributed by atoms with Crippen LogP contribution < -0.4 is 10.1 Å². The van der Waals surface area contributed by atoms with Crippen molar-refractivity contribution in [2.75, 3.05) is 11.9 Å². The van der Waals surface area contributed by atoms with Gasteiger partial charge in [0.15, 0.2) is 12.2 Å². The van der Waals surface area contributed by atoms with Gasteiger partial charge in [0.1, 0.15) is 5.75 Å². The maximum absolute atomic E-state index is 12.9. The van der Waals surface area contributed by atoms with Crippen LogP contribution in [0.3, 0.4) is 0 Å². The van der Waals surface area contributed by atoms with Crippen LogP contribution in [0.4, 0.5) is 5.69 Å². The molecule has 1 aromatic rings. The maximum atomic E-state index is 12.9. The lowest BCUT2D eigenvalue weighted by molar-refractivity contribution is -0.299. The Balaban J connectivity index is 2.04. The number of hydrogen-bond donors (Lipinski definition) is 1. The zero-order chi connectivity index (χ0) is 20.5. The molecule has 4 atom stereocenters. The van der Waals surface area contributed by atoms with Crippen LogP contribution in [-0.4, -0.2) is 54.5 Å². The highest BCUT2D eigenvalue weighted by atomic mass is 16.7. The Labute approximate surface area is 160 Å². The number of hydrogen-bond acceptors (Lipinski definition) is 9. The summed E-state index contributed by atoms with van der Waals surface area (Å²) in [5, 5.41) is 2.62. The van der Waals surface area contributed by atoms with Crippen molar-refractivity contribution in [3.63, 3.8) is 0 Å². The van der Waals surface area contributed by atoms with Crippen LogP contribution in [-0.2, 0) is 38.1 Å². The molecule has 1 N–H and O–H groups in total. The molecule has 1 spiro atoms. The van der Waals surface area contributed by atoms with Crippen LogP contribution in [0.25, 0.3) is 0 Å². The van der Waals surface area contributed by atoms with E-state index in [1.165, 1.54) is 0 Å². The second kappa shape index (κ2) is 7.47. The van der Waals surface area contributed by atoms with E-state index in [-0.39, 0.29) is 12.4 Å². The van der Waals surface area contributed by atoms with Crippen molar-refractivity contribution in [2.24, 2.45) is 0 Å². The Morgan fingerprint density at radius 1 is 1.04 bits per heavy atom. The first-order valence-electron chi connectivity index (χ1n) is 8.48. The molecule has 0 aliphatic carbocycles. The molecular formula is C18H19NO9. The molecule has 2 aliphatic heterocycles. The highest BCUT2D eigenvalue weighted by Gasteiger charge is 2.64. The Bertz CT molecular complexity index is 823. The highest BCUT2D eigenvalue weighted by molar-refractivity contribution is 6.00. The lowest BCUT2D eigenvalue weighted by Crippen LogP contribution is -2.71. The fourth-order valence-electron chi connectivity index (χ4n) is 3.12. The molecule has 10 nitrogen and oxygen atoms in total. The molecule has 0 saturated carbocycles. The molecule has 28 heavy (non-hydrogen) atoms. The Hall–Kier alpha value is -3.14. The average molecular weight is 393 g/mol. The van der Waals surface area contributed by atoms with Crippen LogP contribution in [0.2, 0.25) is 0 Å². The van der Waals surface area contributed by atoms with Gasteiger partial charge in [0.2, 0.25) is 6.10 Å². The van der Waals surface area contributed by atoms with E-state index in [1.807, 2.05) is 0 Å². The Kier molecular flexibility index (Phi) is 5.23. The predicted molar refractivity (Wildman–Crippen MR) is 91.0 cm³/mol. The number of fused-ring (bicyclic) bond motifs is 1. The van der Waals surface area contributed by atoms with Gasteiger partial charge >= 0.3 is 29.6 Å². The number of ether oxygens (including phenoxy) is 5. The lowest BCUT2D eigenvalue weighted by atomic mass is 9.93. The third kappa shape index (κ3) is 3.63. The van der Waals surface area contributed by atoms with Gasteiger partial charge in [-0.3, -0.25) is 19.2 Å². The van der Waals surface area contributed by atoms with E-state index in [2.05, 4.69) is 5.32 Å². The summed E-state index contributed by atoms with van der Waals surface area (Å²) < 4.78 is 27.1. The zero-order valence-corrected chi connectivity index (χ0v) is 15.4. The standard InChI is InChI=1S/C18H19NO9/c1-9(20)25-14-8-24-18(16(27-11(3)22)15(14)26-10(2)21)17(23)19-12-6-4-5-7-13(12)28-18/h4-7,14-16H,8H2,1-3H3,(H,19,23)/t14-,15-,16+,18+/m1/s1. The molecule has 2 aliphatic rings. The van der Waals surface area contributed by atoms with Crippen molar-refractivity contribution < 1.29 is 42.9 Å². The van der Waals surface area contributed by atoms with Gasteiger partial charge in [-0.05, 0) is 12.1 Å². The van der Waals surface area contributed by atoms with Crippen molar-refractivity contribution in [1.29, 1.82) is 0 Å². The molecule has 1 amide bonds. The normalized spacial score (nSPS) is 28.4. The van der Waals surface area contributed by atoms with E-state index in [4.69, 9.17) is 23.7 Å². The number of rotatable bonds is 3. The quantitative estimate of drug-likeness (QED) is 0.578. The van der Waals surface area contributed by atoms with Gasteiger partial charge in [-0.2, -0.15) is 0 Å². The van der Waals surface area contributed by atoms with Gasteiger partial charge in [-0.15, -0.1) is 0 Å². The Morgan fingerprint density at radius 3 is 2.32 bits per heavy atom. The SMILES string of the molecule is CC(=O)O[C@@H]1[C@H](OC(C)=O)CO[C@]2(Oc3ccccc3NC2=O)[C@H]1OC(C)=O. The second-order valence-electron chi connectivity index (χ2n) is 6.28. The van der Waals surface area contributed by atoms with Crippen LogP contribution in [0.5, 0.6) is 5.75 Å². The second-order valence-corrected chi connectivity index (χ2v) is 6.28. The molecule has 3 rings (SSSR count). The molecule has 10 heteroatoms. The number of para-hydroxylation sites is 2. The molecule has 0 aromatic heterocycles. The first kappa shape index (κ1) is 19.6. The zero-order valence-electron chi connectivity index (χ0n) is 15.4. The van der Waals surface area contributed by atoms with Crippen LogP contribution in [0, 0.1) is 0 Å². The smallest absolute Gasteiger partial charge is 0.333 e. The number of nitrogens with one attached hydrogen (secondary N) is 1. The van der Waals surface area contributed by atoms with E-state index < -0.39 is 47.9 Å². The topological polar surface area (TPSA) is 126 Å². The summed E-state index contributed by atoms with van der Waals surface area (Å²) in [5.41, 5.74) is 0.398. The molecule has 1 fully saturated rings. The summed E-state index contributed by atoms with van der Waals surface area (Å²) in [6, 6.07) is 6.59. The van der Waals surface area contributed by atoms with Crippen molar-refractivity contribution in [3.05, 3.63) is 24.3 Å². The summed E-state index contributed by atoms with van der Waals surface area (Å²) in [6.07, 6.45) is -3.96. The summed E-state index contributed by atoms with van der Waals surface area (Å²) in [4.78, 5) is 47.7. The van der Waals surface area contributed by atoms with Gasteiger partial charge in [0.25, 0.3) is 0 Å². The maximum Gasteiger partial charge on any atom is 0.333 e. The minimum atomic E-state index is -2.13. The molecule has 0 bridgehead atoms. The van der Waals surface area contributed by atoms with E-state index in [1.54, 1.807) is 24.3 Å². The van der Waals surface area contributed by atoms with Gasteiger partial charge in [0.05, 0.1) is 12.3 Å². The first-order chi connectivity index (χ1) is 13.2. The van der Waals surface area contributed by atoms with Crippen LogP contribution in [0.1, 0.15) is 20.8 Å². The third-order valence-electron chi connectivity index (χ3n) is 4.13. The molecule has 1 aromatic carbocycles. The molecule has 2 heterocycles. The van der Waals surface area contributed by atoms with Crippen LogP contribution in [0.15, 0.2) is 24.3 Å². The number of esters is 3. The van der Waals surface area contributed by atoms with Gasteiger partial charge in [-0.1, -0.05) is 12.1 Å². The van der Waals surface area contributed by atoms with Gasteiger partial charge in [0, 0.05) is 20.8 Å². The lowest BCUT2D eigenvalue weighted by Gasteiger charge is -2.47. The largest absolute Gasteiger partial charge is 0.456 e. The van der Waals surface area contributed by atoms with E-state index in [0.717, 1.165) is 20.8 Å². The van der Waals surface area contributed by atoms with Crippen molar-refractivity contribution in [3.8, 4) is 5.75 Å². The van der Waals surface area contributed by atoms with E-state index in [9.17, 15) is 19.2 Å². The molecular weight excluding hydrogens is 374 g/mol. The Morgan fingerprint density at radius 2 is 1.68 bits per heavy atom. The number of carbonyl (C=O) groups excluding carboxylic acids is 4. The number of amides is 1. The summed E-state index contributed by atoms with van der Waals surface area (Å²) in [7, 11) is 0. The number of benzene rings is 1. The summed E-state index contributed by atoms with van der Waals surface area (Å²) in [5.74, 6) is -4.78. The van der Waals surface area contributed by atoms with Gasteiger partial charge in [-0.25, -0.2) is 0 Å².